The van der Waals surface area contributed by atoms with Gasteiger partial charge in [-0.3, -0.25) is 0 Å². The molecule has 0 radical (unpaired) electrons. The van der Waals surface area contributed by atoms with Crippen molar-refractivity contribution in [2.75, 3.05) is 6.54 Å². The van der Waals surface area contributed by atoms with Crippen molar-refractivity contribution in [3.63, 3.8) is 0 Å². The van der Waals surface area contributed by atoms with Gasteiger partial charge in [-0.05, 0) is 90.4 Å². The molecule has 0 N–H and O–H groups in total. The number of ether oxygens (including phenoxy) is 1. The highest BCUT2D eigenvalue weighted by molar-refractivity contribution is 5.75. The first-order valence-corrected chi connectivity index (χ1v) is 9.67. The van der Waals surface area contributed by atoms with Crippen molar-refractivity contribution in [3.05, 3.63) is 0 Å². The molecule has 4 saturated carbocycles. The number of amides is 1. The number of Topliss-reactive ketones (excluding diaryl/α,β-unsaturated/α-hetero) is 1. The first-order valence-electron chi connectivity index (χ1n) is 9.67. The predicted molar refractivity (Wildman–Crippen MR) is 93.8 cm³/mol. The van der Waals surface area contributed by atoms with Gasteiger partial charge < -0.3 is 14.4 Å². The van der Waals surface area contributed by atoms with Crippen LogP contribution in [0.5, 0.6) is 0 Å². The maximum absolute atomic E-state index is 13.0. The standard InChI is InChI=1S/C20H33NO3/c1-14(22)6-5-7-21(18(23)24-19(2,3)4)20-11-15-8-16(12-20)10-17(9-15)13-20/h15-17H,5-13H2,1-4H3. The molecule has 0 heterocycles. The molecule has 4 bridgehead atoms. The van der Waals surface area contributed by atoms with Gasteiger partial charge in [-0.1, -0.05) is 0 Å². The van der Waals surface area contributed by atoms with Crippen LogP contribution in [0.2, 0.25) is 0 Å². The Kier molecular flexibility index (Phi) is 4.69. The lowest BCUT2D eigenvalue weighted by molar-refractivity contribution is -0.117. The van der Waals surface area contributed by atoms with E-state index in [1.807, 2.05) is 25.7 Å². The van der Waals surface area contributed by atoms with Crippen LogP contribution in [0.1, 0.15) is 79.1 Å². The lowest BCUT2D eigenvalue weighted by Gasteiger charge is -2.60. The minimum atomic E-state index is -0.474. The second-order valence-electron chi connectivity index (χ2n) is 9.58. The third-order valence-corrected chi connectivity index (χ3v) is 6.10. The summed E-state index contributed by atoms with van der Waals surface area (Å²) in [6, 6.07) is 0. The highest BCUT2D eigenvalue weighted by Crippen LogP contribution is 2.58. The zero-order valence-electron chi connectivity index (χ0n) is 15.8. The third kappa shape index (κ3) is 3.78. The molecule has 0 atom stereocenters. The van der Waals surface area contributed by atoms with Crippen molar-refractivity contribution >= 4 is 11.9 Å². The summed E-state index contributed by atoms with van der Waals surface area (Å²) in [6.45, 7) is 8.07. The number of carbonyl (C=O) groups excluding carboxylic acids is 2. The summed E-state index contributed by atoms with van der Waals surface area (Å²) in [5, 5.41) is 0. The van der Waals surface area contributed by atoms with Crippen molar-refractivity contribution < 1.29 is 14.3 Å². The second kappa shape index (κ2) is 6.34. The van der Waals surface area contributed by atoms with Crippen molar-refractivity contribution in [1.29, 1.82) is 0 Å². The van der Waals surface area contributed by atoms with E-state index < -0.39 is 5.60 Å². The zero-order chi connectivity index (χ0) is 17.5. The number of rotatable bonds is 5. The van der Waals surface area contributed by atoms with Gasteiger partial charge in [-0.15, -0.1) is 0 Å². The van der Waals surface area contributed by atoms with Crippen LogP contribution in [0.15, 0.2) is 0 Å². The van der Waals surface area contributed by atoms with E-state index in [1.54, 1.807) is 6.92 Å². The molecule has 0 saturated heterocycles. The van der Waals surface area contributed by atoms with E-state index in [4.69, 9.17) is 4.74 Å². The van der Waals surface area contributed by atoms with Crippen LogP contribution in [0.4, 0.5) is 4.79 Å². The molecule has 4 heteroatoms. The average molecular weight is 335 g/mol. The Morgan fingerprint density at radius 1 is 1.04 bits per heavy atom. The summed E-state index contributed by atoms with van der Waals surface area (Å²) in [5.41, 5.74) is -0.480. The van der Waals surface area contributed by atoms with Crippen molar-refractivity contribution in [2.24, 2.45) is 17.8 Å². The van der Waals surface area contributed by atoms with Gasteiger partial charge in [0.15, 0.2) is 0 Å². The smallest absolute Gasteiger partial charge is 0.410 e. The second-order valence-corrected chi connectivity index (χ2v) is 9.58. The fourth-order valence-electron chi connectivity index (χ4n) is 5.72. The number of nitrogens with zero attached hydrogens (tertiary/aromatic N) is 1. The maximum atomic E-state index is 13.0. The molecule has 4 rings (SSSR count). The van der Waals surface area contributed by atoms with Gasteiger partial charge in [-0.2, -0.15) is 0 Å². The fraction of sp³-hybridized carbons (Fsp3) is 0.900. The van der Waals surface area contributed by atoms with Gasteiger partial charge in [0.25, 0.3) is 0 Å². The van der Waals surface area contributed by atoms with Crippen molar-refractivity contribution in [2.45, 2.75) is 90.2 Å². The molecule has 4 aliphatic carbocycles. The fourth-order valence-corrected chi connectivity index (χ4v) is 5.72. The first kappa shape index (κ1) is 17.8. The quantitative estimate of drug-likeness (QED) is 0.740. The Labute approximate surface area is 146 Å². The molecular formula is C20H33NO3. The van der Waals surface area contributed by atoms with Crippen LogP contribution >= 0.6 is 0 Å². The monoisotopic (exact) mass is 335 g/mol. The van der Waals surface area contributed by atoms with Gasteiger partial charge in [0.05, 0.1) is 0 Å². The van der Waals surface area contributed by atoms with Crippen LogP contribution in [-0.4, -0.2) is 34.5 Å². The van der Waals surface area contributed by atoms with E-state index in [2.05, 4.69) is 0 Å². The van der Waals surface area contributed by atoms with Gasteiger partial charge in [0.1, 0.15) is 11.4 Å². The summed E-state index contributed by atoms with van der Waals surface area (Å²) in [6.07, 6.45) is 8.60. The molecule has 0 spiro atoms. The molecule has 136 valence electrons. The van der Waals surface area contributed by atoms with Crippen LogP contribution in [0, 0.1) is 17.8 Å². The highest BCUT2D eigenvalue weighted by atomic mass is 16.6. The lowest BCUT2D eigenvalue weighted by atomic mass is 9.52. The Hall–Kier alpha value is -1.06. The first-order chi connectivity index (χ1) is 11.2. The van der Waals surface area contributed by atoms with E-state index >= 15 is 0 Å². The summed E-state index contributed by atoms with van der Waals surface area (Å²) < 4.78 is 5.75. The third-order valence-electron chi connectivity index (χ3n) is 6.10. The summed E-state index contributed by atoms with van der Waals surface area (Å²) >= 11 is 0. The Morgan fingerprint density at radius 3 is 1.96 bits per heavy atom. The van der Waals surface area contributed by atoms with E-state index in [0.717, 1.165) is 43.4 Å². The SMILES string of the molecule is CC(=O)CCCN(C(=O)OC(C)(C)C)C12CC3CC(CC(C3)C1)C2. The topological polar surface area (TPSA) is 46.6 Å². The van der Waals surface area contributed by atoms with Gasteiger partial charge in [0, 0.05) is 18.5 Å². The predicted octanol–water partition coefficient (Wildman–Crippen LogP) is 4.56. The van der Waals surface area contributed by atoms with Crippen LogP contribution in [0.3, 0.4) is 0 Å². The van der Waals surface area contributed by atoms with Gasteiger partial charge in [0.2, 0.25) is 0 Å². The van der Waals surface area contributed by atoms with Gasteiger partial charge in [-0.25, -0.2) is 4.79 Å². The minimum absolute atomic E-state index is 0.00608. The Bertz CT molecular complexity index is 470. The molecular weight excluding hydrogens is 302 g/mol. The maximum Gasteiger partial charge on any atom is 0.410 e. The number of hydrogen-bond donors (Lipinski definition) is 0. The zero-order valence-corrected chi connectivity index (χ0v) is 15.8. The highest BCUT2D eigenvalue weighted by Gasteiger charge is 2.55. The summed E-state index contributed by atoms with van der Waals surface area (Å²) in [7, 11) is 0. The van der Waals surface area contributed by atoms with E-state index in [-0.39, 0.29) is 17.4 Å². The largest absolute Gasteiger partial charge is 0.444 e. The number of ketones is 1. The average Bonchev–Trinajstić information content (AvgIpc) is 2.39. The number of hydrogen-bond acceptors (Lipinski definition) is 3. The molecule has 4 nitrogen and oxygen atoms in total. The molecule has 4 aliphatic rings. The Balaban J connectivity index is 1.78. The van der Waals surface area contributed by atoms with Gasteiger partial charge >= 0.3 is 6.09 Å². The lowest BCUT2D eigenvalue weighted by Crippen LogP contribution is -2.62. The van der Waals surface area contributed by atoms with Crippen LogP contribution < -0.4 is 0 Å². The van der Waals surface area contributed by atoms with Crippen molar-refractivity contribution in [3.8, 4) is 0 Å². The van der Waals surface area contributed by atoms with Crippen LogP contribution in [0.25, 0.3) is 0 Å². The molecule has 0 unspecified atom stereocenters. The van der Waals surface area contributed by atoms with E-state index in [1.165, 1.54) is 19.3 Å². The van der Waals surface area contributed by atoms with E-state index in [9.17, 15) is 9.59 Å². The molecule has 1 amide bonds. The van der Waals surface area contributed by atoms with E-state index in [0.29, 0.717) is 13.0 Å². The molecule has 0 aliphatic heterocycles. The molecule has 24 heavy (non-hydrogen) atoms. The minimum Gasteiger partial charge on any atom is -0.444 e. The molecule has 0 aromatic carbocycles. The Morgan fingerprint density at radius 2 is 1.54 bits per heavy atom. The normalized spacial score (nSPS) is 34.2. The number of carbonyl (C=O) groups is 2. The molecule has 4 fully saturated rings. The molecule has 0 aromatic rings. The van der Waals surface area contributed by atoms with Crippen molar-refractivity contribution in [1.82, 2.24) is 4.90 Å². The summed E-state index contributed by atoms with van der Waals surface area (Å²) in [5.74, 6) is 2.56. The van der Waals surface area contributed by atoms with Crippen LogP contribution in [-0.2, 0) is 9.53 Å². The molecule has 0 aromatic heterocycles. The summed E-state index contributed by atoms with van der Waals surface area (Å²) in [4.78, 5) is 26.3.